The van der Waals surface area contributed by atoms with Gasteiger partial charge < -0.3 is 14.9 Å². The third-order valence-corrected chi connectivity index (χ3v) is 2.66. The van der Waals surface area contributed by atoms with Crippen LogP contribution in [0.5, 0.6) is 0 Å². The summed E-state index contributed by atoms with van der Waals surface area (Å²) in [7, 11) is 0. The van der Waals surface area contributed by atoms with E-state index in [0.717, 1.165) is 57.1 Å². The number of carbonyl (C=O) groups is 2. The van der Waals surface area contributed by atoms with Crippen molar-refractivity contribution in [3.8, 4) is 0 Å². The summed E-state index contributed by atoms with van der Waals surface area (Å²) in [5, 5.41) is 16.9. The van der Waals surface area contributed by atoms with Gasteiger partial charge in [-0.05, 0) is 12.8 Å². The van der Waals surface area contributed by atoms with Crippen LogP contribution in [-0.4, -0.2) is 35.4 Å². The van der Waals surface area contributed by atoms with Gasteiger partial charge in [0.1, 0.15) is 0 Å². The van der Waals surface area contributed by atoms with Crippen molar-refractivity contribution < 1.29 is 24.5 Å². The molecule has 0 amide bonds. The number of unbranched alkanes of at least 4 members (excludes halogenated alkanes) is 7. The van der Waals surface area contributed by atoms with Gasteiger partial charge in [-0.3, -0.25) is 0 Å². The molecule has 2 N–H and O–H groups in total. The normalized spacial score (nSPS) is 10.8. The number of carboxylic acids is 1. The van der Waals surface area contributed by atoms with Gasteiger partial charge in [0.2, 0.25) is 0 Å². The zero-order valence-electron chi connectivity index (χ0n) is 11.3. The molecule has 0 radical (unpaired) electrons. The molecule has 0 unspecified atom stereocenters. The Balaban J connectivity index is 3.22. The molecule has 0 aromatic heterocycles. The number of esters is 1. The predicted octanol–water partition coefficient (Wildman–Crippen LogP) is 2.28. The van der Waals surface area contributed by atoms with Gasteiger partial charge in [-0.2, -0.15) is 0 Å². The predicted molar refractivity (Wildman–Crippen MR) is 71.8 cm³/mol. The van der Waals surface area contributed by atoms with Crippen molar-refractivity contribution in [1.29, 1.82) is 0 Å². The number of aliphatic hydroxyl groups excluding tert-OH is 1. The number of aliphatic hydroxyl groups is 1. The first-order valence-corrected chi connectivity index (χ1v) is 6.85. The molecule has 0 aromatic carbocycles. The second-order valence-corrected chi connectivity index (χ2v) is 4.39. The number of ether oxygens (including phenoxy) is 1. The highest BCUT2D eigenvalue weighted by atomic mass is 16.5. The van der Waals surface area contributed by atoms with Gasteiger partial charge in [0.15, 0.2) is 0 Å². The second kappa shape index (κ2) is 13.1. The molecule has 5 heteroatoms. The highest BCUT2D eigenvalue weighted by Crippen LogP contribution is 2.08. The van der Waals surface area contributed by atoms with Crippen molar-refractivity contribution in [1.82, 2.24) is 0 Å². The molecule has 0 aliphatic rings. The smallest absolute Gasteiger partial charge is 0.331 e. The van der Waals surface area contributed by atoms with E-state index in [1.807, 2.05) is 0 Å². The highest BCUT2D eigenvalue weighted by Gasteiger charge is 1.98. The van der Waals surface area contributed by atoms with Crippen LogP contribution in [0, 0.1) is 0 Å². The van der Waals surface area contributed by atoms with Crippen LogP contribution in [0.4, 0.5) is 0 Å². The van der Waals surface area contributed by atoms with E-state index in [1.165, 1.54) is 6.42 Å². The Labute approximate surface area is 114 Å². The third kappa shape index (κ3) is 14.6. The number of hydrogen-bond acceptors (Lipinski definition) is 4. The van der Waals surface area contributed by atoms with E-state index in [4.69, 9.17) is 14.9 Å². The number of aliphatic carboxylic acids is 1. The van der Waals surface area contributed by atoms with Crippen LogP contribution >= 0.6 is 0 Å². The number of carbonyl (C=O) groups excluding carboxylic acids is 1. The Kier molecular flexibility index (Phi) is 12.1. The number of rotatable bonds is 12. The lowest BCUT2D eigenvalue weighted by Crippen LogP contribution is -2.03. The molecule has 19 heavy (non-hydrogen) atoms. The van der Waals surface area contributed by atoms with Crippen LogP contribution in [0.25, 0.3) is 0 Å². The van der Waals surface area contributed by atoms with Crippen LogP contribution in [-0.2, 0) is 14.3 Å². The van der Waals surface area contributed by atoms with Gasteiger partial charge in [-0.15, -0.1) is 0 Å². The highest BCUT2D eigenvalue weighted by molar-refractivity contribution is 5.90. The first-order chi connectivity index (χ1) is 9.16. The fourth-order valence-electron chi connectivity index (χ4n) is 1.63. The molecule has 0 aliphatic carbocycles. The Hall–Kier alpha value is -1.36. The van der Waals surface area contributed by atoms with Crippen molar-refractivity contribution in [2.24, 2.45) is 0 Å². The summed E-state index contributed by atoms with van der Waals surface area (Å²) >= 11 is 0. The fraction of sp³-hybridized carbons (Fsp3) is 0.714. The molecule has 0 atom stereocenters. The topological polar surface area (TPSA) is 83.8 Å². The molecule has 0 aliphatic heterocycles. The van der Waals surface area contributed by atoms with Crippen LogP contribution in [0.3, 0.4) is 0 Å². The maximum absolute atomic E-state index is 11.0. The van der Waals surface area contributed by atoms with E-state index < -0.39 is 11.9 Å². The van der Waals surface area contributed by atoms with E-state index in [1.54, 1.807) is 0 Å². The van der Waals surface area contributed by atoms with Crippen molar-refractivity contribution in [3.63, 3.8) is 0 Å². The maximum Gasteiger partial charge on any atom is 0.331 e. The first-order valence-electron chi connectivity index (χ1n) is 6.85. The number of hydrogen-bond donors (Lipinski definition) is 2. The van der Waals surface area contributed by atoms with Gasteiger partial charge >= 0.3 is 11.9 Å². The van der Waals surface area contributed by atoms with Crippen LogP contribution in [0.1, 0.15) is 51.4 Å². The molecule has 0 saturated carbocycles. The lowest BCUT2D eigenvalue weighted by atomic mass is 10.1. The van der Waals surface area contributed by atoms with Crippen LogP contribution in [0.15, 0.2) is 12.2 Å². The summed E-state index contributed by atoms with van der Waals surface area (Å²) in [5.74, 6) is -1.76. The molecule has 0 aromatic rings. The molecule has 0 bridgehead atoms. The average Bonchev–Trinajstić information content (AvgIpc) is 2.38. The fourth-order valence-corrected chi connectivity index (χ4v) is 1.63. The average molecular weight is 272 g/mol. The van der Waals surface area contributed by atoms with Crippen LogP contribution in [0.2, 0.25) is 0 Å². The number of carboxylic acid groups (broad SMARTS) is 1. The van der Waals surface area contributed by atoms with Gasteiger partial charge in [0.25, 0.3) is 0 Å². The molecule has 0 heterocycles. The standard InChI is InChI=1S/C14H24O5/c15-11-7-5-3-1-2-4-6-8-12-19-14(18)10-9-13(16)17/h9-10,15H,1-8,11-12H2,(H,16,17)/b10-9-. The Morgan fingerprint density at radius 3 is 1.89 bits per heavy atom. The minimum absolute atomic E-state index is 0.279. The van der Waals surface area contributed by atoms with Crippen molar-refractivity contribution in [2.45, 2.75) is 51.4 Å². The quantitative estimate of drug-likeness (QED) is 0.323. The Morgan fingerprint density at radius 2 is 1.37 bits per heavy atom. The van der Waals surface area contributed by atoms with Gasteiger partial charge in [-0.1, -0.05) is 38.5 Å². The van der Waals surface area contributed by atoms with E-state index in [2.05, 4.69) is 0 Å². The summed E-state index contributed by atoms with van der Waals surface area (Å²) in [6, 6.07) is 0. The minimum Gasteiger partial charge on any atom is -0.478 e. The monoisotopic (exact) mass is 272 g/mol. The third-order valence-electron chi connectivity index (χ3n) is 2.66. The van der Waals surface area contributed by atoms with Gasteiger partial charge in [-0.25, -0.2) is 9.59 Å². The molecule has 5 nitrogen and oxygen atoms in total. The molecule has 0 spiro atoms. The maximum atomic E-state index is 11.0. The minimum atomic E-state index is -1.15. The molecular formula is C14H24O5. The summed E-state index contributed by atoms with van der Waals surface area (Å²) in [4.78, 5) is 21.1. The van der Waals surface area contributed by atoms with E-state index in [-0.39, 0.29) is 6.61 Å². The zero-order valence-corrected chi connectivity index (χ0v) is 11.3. The van der Waals surface area contributed by atoms with E-state index in [9.17, 15) is 9.59 Å². The first kappa shape index (κ1) is 17.6. The SMILES string of the molecule is O=C(O)/C=C\C(=O)OCCCCCCCCCCO. The van der Waals surface area contributed by atoms with Crippen LogP contribution < -0.4 is 0 Å². The zero-order chi connectivity index (χ0) is 14.3. The van der Waals surface area contributed by atoms with Crippen molar-refractivity contribution >= 4 is 11.9 Å². The largest absolute Gasteiger partial charge is 0.478 e. The summed E-state index contributed by atoms with van der Waals surface area (Å²) in [6.07, 6.45) is 10.1. The molecular weight excluding hydrogens is 248 g/mol. The van der Waals surface area contributed by atoms with Gasteiger partial charge in [0.05, 0.1) is 6.61 Å². The molecule has 110 valence electrons. The molecule has 0 fully saturated rings. The van der Waals surface area contributed by atoms with E-state index in [0.29, 0.717) is 6.61 Å². The summed E-state index contributed by atoms with van der Waals surface area (Å²) < 4.78 is 4.84. The van der Waals surface area contributed by atoms with E-state index >= 15 is 0 Å². The van der Waals surface area contributed by atoms with Crippen molar-refractivity contribution in [2.75, 3.05) is 13.2 Å². The molecule has 0 saturated heterocycles. The van der Waals surface area contributed by atoms with Crippen molar-refractivity contribution in [3.05, 3.63) is 12.2 Å². The summed E-state index contributed by atoms with van der Waals surface area (Å²) in [6.45, 7) is 0.620. The molecule has 0 rings (SSSR count). The Bertz CT molecular complexity index is 273. The Morgan fingerprint density at radius 1 is 0.842 bits per heavy atom. The second-order valence-electron chi connectivity index (χ2n) is 4.39. The lowest BCUT2D eigenvalue weighted by Gasteiger charge is -2.02. The van der Waals surface area contributed by atoms with Gasteiger partial charge in [0, 0.05) is 18.8 Å². The summed E-state index contributed by atoms with van der Waals surface area (Å²) in [5.41, 5.74) is 0. The lowest BCUT2D eigenvalue weighted by molar-refractivity contribution is -0.138.